The molecule has 0 aromatic rings. The fraction of sp³-hybridized carbons (Fsp3) is 0.923. The molecule has 0 bridgehead atoms. The predicted molar refractivity (Wildman–Crippen MR) is 70.8 cm³/mol. The van der Waals surface area contributed by atoms with Crippen molar-refractivity contribution in [1.82, 2.24) is 10.2 Å². The van der Waals surface area contributed by atoms with Gasteiger partial charge in [-0.05, 0) is 32.9 Å². The van der Waals surface area contributed by atoms with Crippen molar-refractivity contribution in [3.8, 4) is 0 Å². The molecule has 0 radical (unpaired) electrons. The van der Waals surface area contributed by atoms with E-state index in [1.165, 1.54) is 0 Å². The minimum Gasteiger partial charge on any atom is -0.479 e. The lowest BCUT2D eigenvalue weighted by Gasteiger charge is -2.24. The third kappa shape index (κ3) is 4.92. The predicted octanol–water partition coefficient (Wildman–Crippen LogP) is 0.939. The molecule has 0 aromatic heterocycles. The molecule has 1 fully saturated rings. The van der Waals surface area contributed by atoms with Crippen molar-refractivity contribution in [2.24, 2.45) is 0 Å². The van der Waals surface area contributed by atoms with Gasteiger partial charge < -0.3 is 20.1 Å². The smallest absolute Gasteiger partial charge is 0.332 e. The largest absolute Gasteiger partial charge is 0.479 e. The van der Waals surface area contributed by atoms with Crippen molar-refractivity contribution in [1.29, 1.82) is 0 Å². The molecule has 1 rings (SSSR count). The summed E-state index contributed by atoms with van der Waals surface area (Å²) in [7, 11) is 0. The Morgan fingerprint density at radius 2 is 2.11 bits per heavy atom. The highest BCUT2D eigenvalue weighted by Crippen LogP contribution is 2.19. The summed E-state index contributed by atoms with van der Waals surface area (Å²) in [4.78, 5) is 13.1. The number of ether oxygens (including phenoxy) is 1. The van der Waals surface area contributed by atoms with Crippen LogP contribution < -0.4 is 5.32 Å². The van der Waals surface area contributed by atoms with E-state index in [1.54, 1.807) is 0 Å². The fourth-order valence-corrected chi connectivity index (χ4v) is 2.30. The van der Waals surface area contributed by atoms with E-state index in [1.807, 2.05) is 0 Å². The lowest BCUT2D eigenvalue weighted by molar-refractivity contribution is -0.149. The molecule has 0 aromatic carbocycles. The van der Waals surface area contributed by atoms with Crippen molar-refractivity contribution in [2.45, 2.75) is 51.9 Å². The monoisotopic (exact) mass is 258 g/mol. The zero-order chi connectivity index (χ0) is 13.5. The Morgan fingerprint density at radius 3 is 2.61 bits per heavy atom. The number of carboxylic acid groups (broad SMARTS) is 1. The number of nitrogens with zero attached hydrogens (tertiary/aromatic N) is 1. The van der Waals surface area contributed by atoms with Crippen LogP contribution in [0.2, 0.25) is 0 Å². The Morgan fingerprint density at radius 1 is 1.44 bits per heavy atom. The molecule has 0 amide bonds. The maximum absolute atomic E-state index is 10.8. The Bertz CT molecular complexity index is 257. The van der Waals surface area contributed by atoms with Gasteiger partial charge in [-0.2, -0.15) is 0 Å². The average Bonchev–Trinajstić information content (AvgIpc) is 2.82. The molecule has 18 heavy (non-hydrogen) atoms. The van der Waals surface area contributed by atoms with Gasteiger partial charge in [-0.15, -0.1) is 0 Å². The Kier molecular flexibility index (Phi) is 6.60. The van der Waals surface area contributed by atoms with Gasteiger partial charge in [0.25, 0.3) is 0 Å². The molecule has 0 saturated carbocycles. The highest BCUT2D eigenvalue weighted by atomic mass is 16.5. The van der Waals surface area contributed by atoms with Crippen LogP contribution in [0.5, 0.6) is 0 Å². The van der Waals surface area contributed by atoms with E-state index in [-0.39, 0.29) is 6.10 Å². The molecule has 0 aliphatic carbocycles. The van der Waals surface area contributed by atoms with Crippen LogP contribution in [0.4, 0.5) is 0 Å². The van der Waals surface area contributed by atoms with Crippen LogP contribution in [-0.2, 0) is 9.53 Å². The first-order chi connectivity index (χ1) is 8.56. The van der Waals surface area contributed by atoms with Gasteiger partial charge >= 0.3 is 5.97 Å². The second-order valence-electron chi connectivity index (χ2n) is 4.96. The number of nitrogens with one attached hydrogen (secondary N) is 1. The van der Waals surface area contributed by atoms with Crippen molar-refractivity contribution < 1.29 is 14.6 Å². The maximum atomic E-state index is 10.8. The first kappa shape index (κ1) is 15.4. The third-order valence-electron chi connectivity index (χ3n) is 3.50. The number of likely N-dealkylation sites (N-methyl/N-ethyl adjacent to an activating group) is 1. The van der Waals surface area contributed by atoms with E-state index in [2.05, 4.69) is 31.0 Å². The molecule has 2 N–H and O–H groups in total. The van der Waals surface area contributed by atoms with Crippen LogP contribution in [-0.4, -0.2) is 60.4 Å². The second kappa shape index (κ2) is 7.71. The van der Waals surface area contributed by atoms with Gasteiger partial charge in [0.05, 0.1) is 6.10 Å². The number of rotatable bonds is 8. The van der Waals surface area contributed by atoms with E-state index in [9.17, 15) is 4.79 Å². The summed E-state index contributed by atoms with van der Waals surface area (Å²) in [6.07, 6.45) is 0.911. The normalized spacial score (nSPS) is 25.6. The number of hydrogen-bond acceptors (Lipinski definition) is 4. The molecule has 1 heterocycles. The summed E-state index contributed by atoms with van der Waals surface area (Å²) in [5.41, 5.74) is 0. The quantitative estimate of drug-likeness (QED) is 0.678. The minimum absolute atomic E-state index is 0.0465. The van der Waals surface area contributed by atoms with Crippen LogP contribution in [0.25, 0.3) is 0 Å². The topological polar surface area (TPSA) is 61.8 Å². The molecule has 1 saturated heterocycles. The van der Waals surface area contributed by atoms with Gasteiger partial charge in [-0.1, -0.05) is 13.8 Å². The Balaban J connectivity index is 2.19. The summed E-state index contributed by atoms with van der Waals surface area (Å²) in [6, 6.07) is 0.400. The average molecular weight is 258 g/mol. The summed E-state index contributed by atoms with van der Waals surface area (Å²) in [5.74, 6) is -0.839. The lowest BCUT2D eigenvalue weighted by Crippen LogP contribution is -2.42. The number of aliphatic carboxylic acids is 1. The molecule has 3 atom stereocenters. The third-order valence-corrected chi connectivity index (χ3v) is 3.50. The highest BCUT2D eigenvalue weighted by Gasteiger charge is 2.30. The summed E-state index contributed by atoms with van der Waals surface area (Å²) in [5, 5.41) is 12.3. The number of carboxylic acids is 1. The van der Waals surface area contributed by atoms with Crippen molar-refractivity contribution in [3.63, 3.8) is 0 Å². The zero-order valence-corrected chi connectivity index (χ0v) is 11.7. The van der Waals surface area contributed by atoms with Crippen LogP contribution in [0.1, 0.15) is 33.6 Å². The highest BCUT2D eigenvalue weighted by molar-refractivity contribution is 5.72. The first-order valence-electron chi connectivity index (χ1n) is 6.90. The summed E-state index contributed by atoms with van der Waals surface area (Å²) < 4.78 is 5.46. The fourth-order valence-electron chi connectivity index (χ4n) is 2.30. The van der Waals surface area contributed by atoms with Gasteiger partial charge in [0.2, 0.25) is 0 Å². The van der Waals surface area contributed by atoms with Gasteiger partial charge in [-0.3, -0.25) is 0 Å². The molecule has 1 aliphatic rings. The Labute approximate surface area is 109 Å². The van der Waals surface area contributed by atoms with E-state index >= 15 is 0 Å². The molecule has 3 unspecified atom stereocenters. The SMILES string of the molecule is CCN(CC)CC(C)NCC1CCC(C(=O)O)O1. The van der Waals surface area contributed by atoms with Crippen molar-refractivity contribution in [2.75, 3.05) is 26.2 Å². The van der Waals surface area contributed by atoms with Crippen LogP contribution >= 0.6 is 0 Å². The van der Waals surface area contributed by atoms with Crippen molar-refractivity contribution >= 4 is 5.97 Å². The molecular weight excluding hydrogens is 232 g/mol. The van der Waals surface area contributed by atoms with Crippen molar-refractivity contribution in [3.05, 3.63) is 0 Å². The molecule has 5 nitrogen and oxygen atoms in total. The van der Waals surface area contributed by atoms with Gasteiger partial charge in [0.15, 0.2) is 6.10 Å². The van der Waals surface area contributed by atoms with E-state index in [4.69, 9.17) is 9.84 Å². The minimum atomic E-state index is -0.839. The molecule has 1 aliphatic heterocycles. The standard InChI is InChI=1S/C13H26N2O3/c1-4-15(5-2)9-10(3)14-8-11-6-7-12(18-11)13(16)17/h10-12,14H,4-9H2,1-3H3,(H,16,17). The lowest BCUT2D eigenvalue weighted by atomic mass is 10.2. The van der Waals surface area contributed by atoms with Gasteiger partial charge in [0, 0.05) is 19.1 Å². The van der Waals surface area contributed by atoms with E-state index < -0.39 is 12.1 Å². The second-order valence-corrected chi connectivity index (χ2v) is 4.96. The molecule has 106 valence electrons. The maximum Gasteiger partial charge on any atom is 0.332 e. The number of hydrogen-bond donors (Lipinski definition) is 2. The molecular formula is C13H26N2O3. The molecule has 0 spiro atoms. The van der Waals surface area contributed by atoms with Gasteiger partial charge in [0.1, 0.15) is 0 Å². The number of carbonyl (C=O) groups is 1. The summed E-state index contributed by atoms with van der Waals surface area (Å²) in [6.45, 7) is 10.4. The van der Waals surface area contributed by atoms with E-state index in [0.29, 0.717) is 12.5 Å². The van der Waals surface area contributed by atoms with Crippen LogP contribution in [0.15, 0.2) is 0 Å². The van der Waals surface area contributed by atoms with Gasteiger partial charge in [-0.25, -0.2) is 4.79 Å². The Hall–Kier alpha value is -0.650. The first-order valence-corrected chi connectivity index (χ1v) is 6.90. The van der Waals surface area contributed by atoms with Crippen LogP contribution in [0, 0.1) is 0 Å². The zero-order valence-electron chi connectivity index (χ0n) is 11.7. The molecule has 5 heteroatoms. The summed E-state index contributed by atoms with van der Waals surface area (Å²) >= 11 is 0. The van der Waals surface area contributed by atoms with Crippen LogP contribution in [0.3, 0.4) is 0 Å². The van der Waals surface area contributed by atoms with E-state index in [0.717, 1.165) is 32.6 Å².